The Hall–Kier alpha value is -2.07. The molecule has 4 rings (SSSR count). The van der Waals surface area contributed by atoms with Crippen LogP contribution in [0.3, 0.4) is 0 Å². The Morgan fingerprint density at radius 2 is 2.00 bits per heavy atom. The van der Waals surface area contributed by atoms with Crippen LogP contribution in [0.1, 0.15) is 49.1 Å². The van der Waals surface area contributed by atoms with Gasteiger partial charge in [-0.25, -0.2) is 4.98 Å². The molecule has 0 bridgehead atoms. The van der Waals surface area contributed by atoms with Crippen LogP contribution in [0.4, 0.5) is 17.2 Å². The SMILES string of the molecule is Nc1cccc(Nc2cc(C3CC3)c(CNCC3CCC3)cn2)c1. The summed E-state index contributed by atoms with van der Waals surface area (Å²) in [5.74, 6) is 2.52. The number of pyridine rings is 1. The molecule has 4 nitrogen and oxygen atoms in total. The van der Waals surface area contributed by atoms with Gasteiger partial charge in [-0.2, -0.15) is 0 Å². The second kappa shape index (κ2) is 6.81. The van der Waals surface area contributed by atoms with Gasteiger partial charge in [-0.3, -0.25) is 0 Å². The first-order valence-electron chi connectivity index (χ1n) is 9.10. The summed E-state index contributed by atoms with van der Waals surface area (Å²) in [6.07, 6.45) is 8.84. The van der Waals surface area contributed by atoms with Gasteiger partial charge in [-0.1, -0.05) is 12.5 Å². The van der Waals surface area contributed by atoms with Crippen LogP contribution >= 0.6 is 0 Å². The molecule has 4 heteroatoms. The molecule has 2 aliphatic carbocycles. The maximum atomic E-state index is 5.85. The minimum absolute atomic E-state index is 0.717. The molecule has 0 spiro atoms. The van der Waals surface area contributed by atoms with Crippen molar-refractivity contribution >= 4 is 17.2 Å². The van der Waals surface area contributed by atoms with Crippen LogP contribution in [0.5, 0.6) is 0 Å². The third-order valence-electron chi connectivity index (χ3n) is 5.17. The second-order valence-electron chi connectivity index (χ2n) is 7.22. The van der Waals surface area contributed by atoms with E-state index in [1.165, 1.54) is 43.2 Å². The summed E-state index contributed by atoms with van der Waals surface area (Å²) in [4.78, 5) is 4.61. The van der Waals surface area contributed by atoms with Gasteiger partial charge in [-0.15, -0.1) is 0 Å². The normalized spacial score (nSPS) is 17.5. The summed E-state index contributed by atoms with van der Waals surface area (Å²) < 4.78 is 0. The maximum absolute atomic E-state index is 5.85. The number of hydrogen-bond acceptors (Lipinski definition) is 4. The molecule has 0 unspecified atom stereocenters. The third kappa shape index (κ3) is 3.70. The predicted molar refractivity (Wildman–Crippen MR) is 99.4 cm³/mol. The molecule has 2 aliphatic rings. The van der Waals surface area contributed by atoms with E-state index in [1.807, 2.05) is 30.5 Å². The molecule has 0 saturated heterocycles. The monoisotopic (exact) mass is 322 g/mol. The molecule has 0 aliphatic heterocycles. The van der Waals surface area contributed by atoms with Crippen molar-refractivity contribution in [2.75, 3.05) is 17.6 Å². The number of rotatable bonds is 7. The lowest BCUT2D eigenvalue weighted by Gasteiger charge is -2.25. The Bertz CT molecular complexity index is 705. The zero-order valence-corrected chi connectivity index (χ0v) is 14.1. The van der Waals surface area contributed by atoms with Crippen LogP contribution in [0.15, 0.2) is 36.5 Å². The highest BCUT2D eigenvalue weighted by atomic mass is 15.0. The molecule has 24 heavy (non-hydrogen) atoms. The molecule has 2 saturated carbocycles. The molecule has 1 aromatic carbocycles. The van der Waals surface area contributed by atoms with E-state index in [0.29, 0.717) is 0 Å². The van der Waals surface area contributed by atoms with Crippen LogP contribution in [-0.2, 0) is 6.54 Å². The largest absolute Gasteiger partial charge is 0.399 e. The van der Waals surface area contributed by atoms with E-state index in [0.717, 1.165) is 42.1 Å². The number of nitrogen functional groups attached to an aromatic ring is 1. The second-order valence-corrected chi connectivity index (χ2v) is 7.22. The lowest BCUT2D eigenvalue weighted by Crippen LogP contribution is -2.27. The van der Waals surface area contributed by atoms with Gasteiger partial charge in [0.1, 0.15) is 5.82 Å². The van der Waals surface area contributed by atoms with Crippen molar-refractivity contribution in [1.29, 1.82) is 0 Å². The number of benzene rings is 1. The first-order chi connectivity index (χ1) is 11.8. The number of nitrogens with zero attached hydrogens (tertiary/aromatic N) is 1. The van der Waals surface area contributed by atoms with E-state index in [-0.39, 0.29) is 0 Å². The average Bonchev–Trinajstić information content (AvgIpc) is 3.35. The van der Waals surface area contributed by atoms with E-state index in [2.05, 4.69) is 21.7 Å². The van der Waals surface area contributed by atoms with E-state index in [4.69, 9.17) is 5.73 Å². The van der Waals surface area contributed by atoms with E-state index in [9.17, 15) is 0 Å². The van der Waals surface area contributed by atoms with Gasteiger partial charge < -0.3 is 16.4 Å². The lowest BCUT2D eigenvalue weighted by molar-refractivity contribution is 0.301. The van der Waals surface area contributed by atoms with Gasteiger partial charge in [0.05, 0.1) is 0 Å². The molecule has 0 amide bonds. The molecule has 2 fully saturated rings. The fraction of sp³-hybridized carbons (Fsp3) is 0.450. The Morgan fingerprint density at radius 3 is 2.71 bits per heavy atom. The van der Waals surface area contributed by atoms with Gasteiger partial charge in [0, 0.05) is 24.1 Å². The topological polar surface area (TPSA) is 63.0 Å². The molecule has 0 radical (unpaired) electrons. The van der Waals surface area contributed by atoms with Crippen molar-refractivity contribution in [3.05, 3.63) is 47.7 Å². The maximum Gasteiger partial charge on any atom is 0.130 e. The quantitative estimate of drug-likeness (QED) is 0.669. The van der Waals surface area contributed by atoms with Gasteiger partial charge in [0.25, 0.3) is 0 Å². The number of hydrogen-bond donors (Lipinski definition) is 3. The predicted octanol–water partition coefficient (Wildman–Crippen LogP) is 4.17. The smallest absolute Gasteiger partial charge is 0.130 e. The number of nitrogens with two attached hydrogens (primary N) is 1. The van der Waals surface area contributed by atoms with Crippen LogP contribution in [0, 0.1) is 5.92 Å². The van der Waals surface area contributed by atoms with E-state index >= 15 is 0 Å². The summed E-state index contributed by atoms with van der Waals surface area (Å²) >= 11 is 0. The summed E-state index contributed by atoms with van der Waals surface area (Å²) in [5, 5.41) is 7.00. The van der Waals surface area contributed by atoms with Crippen molar-refractivity contribution in [1.82, 2.24) is 10.3 Å². The van der Waals surface area contributed by atoms with Crippen LogP contribution in [-0.4, -0.2) is 11.5 Å². The Morgan fingerprint density at radius 1 is 1.12 bits per heavy atom. The summed E-state index contributed by atoms with van der Waals surface area (Å²) in [6, 6.07) is 10.0. The van der Waals surface area contributed by atoms with Gasteiger partial charge in [0.15, 0.2) is 0 Å². The Kier molecular flexibility index (Phi) is 4.39. The van der Waals surface area contributed by atoms with E-state index in [1.54, 1.807) is 0 Å². The molecule has 126 valence electrons. The summed E-state index contributed by atoms with van der Waals surface area (Å²) in [7, 11) is 0. The minimum atomic E-state index is 0.717. The minimum Gasteiger partial charge on any atom is -0.399 e. The zero-order valence-electron chi connectivity index (χ0n) is 14.1. The lowest BCUT2D eigenvalue weighted by atomic mass is 9.85. The molecule has 2 aromatic rings. The zero-order chi connectivity index (χ0) is 16.4. The fourth-order valence-electron chi connectivity index (χ4n) is 3.36. The summed E-state index contributed by atoms with van der Waals surface area (Å²) in [6.45, 7) is 2.08. The Labute approximate surface area is 143 Å². The molecule has 1 heterocycles. The molecule has 1 aromatic heterocycles. The van der Waals surface area contributed by atoms with Gasteiger partial charge in [0.2, 0.25) is 0 Å². The third-order valence-corrected chi connectivity index (χ3v) is 5.17. The van der Waals surface area contributed by atoms with E-state index < -0.39 is 0 Å². The van der Waals surface area contributed by atoms with Crippen LogP contribution in [0.2, 0.25) is 0 Å². The van der Waals surface area contributed by atoms with Crippen molar-refractivity contribution in [2.24, 2.45) is 5.92 Å². The highest BCUT2D eigenvalue weighted by Gasteiger charge is 2.26. The molecular weight excluding hydrogens is 296 g/mol. The van der Waals surface area contributed by atoms with Crippen LogP contribution < -0.4 is 16.4 Å². The molecule has 4 N–H and O–H groups in total. The average molecular weight is 322 g/mol. The highest BCUT2D eigenvalue weighted by molar-refractivity contribution is 5.62. The fourth-order valence-corrected chi connectivity index (χ4v) is 3.36. The van der Waals surface area contributed by atoms with Gasteiger partial charge >= 0.3 is 0 Å². The first kappa shape index (κ1) is 15.5. The van der Waals surface area contributed by atoms with Crippen molar-refractivity contribution < 1.29 is 0 Å². The standard InChI is InChI=1S/C20H26N4/c21-17-5-2-6-18(9-17)24-20-10-19(15-7-8-15)16(13-23-20)12-22-11-14-3-1-4-14/h2,5-6,9-10,13-15,22H,1,3-4,7-8,11-12,21H2,(H,23,24). The summed E-state index contributed by atoms with van der Waals surface area (Å²) in [5.41, 5.74) is 10.4. The van der Waals surface area contributed by atoms with Crippen molar-refractivity contribution in [3.8, 4) is 0 Å². The van der Waals surface area contributed by atoms with Gasteiger partial charge in [-0.05, 0) is 79.5 Å². The van der Waals surface area contributed by atoms with Crippen LogP contribution in [0.25, 0.3) is 0 Å². The molecule has 0 atom stereocenters. The Balaban J connectivity index is 1.45. The number of anilines is 3. The number of aromatic nitrogens is 1. The van der Waals surface area contributed by atoms with Crippen molar-refractivity contribution in [2.45, 2.75) is 44.6 Å². The molecular formula is C20H26N4. The highest BCUT2D eigenvalue weighted by Crippen LogP contribution is 2.42. The van der Waals surface area contributed by atoms with Crippen molar-refractivity contribution in [3.63, 3.8) is 0 Å². The first-order valence-corrected chi connectivity index (χ1v) is 9.10. The number of nitrogens with one attached hydrogen (secondary N) is 2.